The van der Waals surface area contributed by atoms with Gasteiger partial charge >= 0.3 is 0 Å². The largest absolute Gasteiger partial charge is 0.376 e. The van der Waals surface area contributed by atoms with E-state index in [1.807, 2.05) is 0 Å². The maximum atomic E-state index is 5.41. The fraction of sp³-hybridized carbons (Fsp3) is 0.714. The Labute approximate surface area is 75.1 Å². The van der Waals surface area contributed by atoms with Gasteiger partial charge in [0.1, 0.15) is 6.33 Å². The van der Waals surface area contributed by atoms with Gasteiger partial charge in [-0.15, -0.1) is 0 Å². The van der Waals surface area contributed by atoms with E-state index in [1.54, 1.807) is 6.33 Å². The van der Waals surface area contributed by atoms with Crippen LogP contribution in [-0.4, -0.2) is 28.1 Å². The molecular formula is C7H11N3OS. The molecule has 1 aliphatic heterocycles. The van der Waals surface area contributed by atoms with Crippen molar-refractivity contribution in [3.8, 4) is 0 Å². The minimum Gasteiger partial charge on any atom is -0.376 e. The van der Waals surface area contributed by atoms with Crippen molar-refractivity contribution in [2.75, 3.05) is 11.9 Å². The van der Waals surface area contributed by atoms with Crippen molar-refractivity contribution in [1.82, 2.24) is 9.36 Å². The second-order valence-corrected chi connectivity index (χ2v) is 3.64. The summed E-state index contributed by atoms with van der Waals surface area (Å²) in [4.78, 5) is 4.05. The Hall–Kier alpha value is -0.680. The molecule has 2 atom stereocenters. The van der Waals surface area contributed by atoms with Crippen LogP contribution in [0.5, 0.6) is 0 Å². The van der Waals surface area contributed by atoms with Crippen LogP contribution in [0.1, 0.15) is 13.3 Å². The quantitative estimate of drug-likeness (QED) is 0.750. The van der Waals surface area contributed by atoms with Crippen LogP contribution in [0, 0.1) is 0 Å². The zero-order valence-electron chi connectivity index (χ0n) is 6.86. The summed E-state index contributed by atoms with van der Waals surface area (Å²) in [6.07, 6.45) is 2.91. The van der Waals surface area contributed by atoms with Gasteiger partial charge in [-0.2, -0.15) is 4.37 Å². The summed E-state index contributed by atoms with van der Waals surface area (Å²) in [6.45, 7) is 2.92. The molecule has 1 aliphatic rings. The van der Waals surface area contributed by atoms with Gasteiger partial charge in [0, 0.05) is 18.1 Å². The number of hydrogen-bond donors (Lipinski definition) is 1. The highest BCUT2D eigenvalue weighted by molar-refractivity contribution is 7.09. The lowest BCUT2D eigenvalue weighted by Crippen LogP contribution is -2.26. The summed E-state index contributed by atoms with van der Waals surface area (Å²) >= 11 is 1.38. The highest BCUT2D eigenvalue weighted by Crippen LogP contribution is 2.18. The van der Waals surface area contributed by atoms with E-state index in [0.29, 0.717) is 6.04 Å². The van der Waals surface area contributed by atoms with Gasteiger partial charge in [-0.05, 0) is 13.3 Å². The van der Waals surface area contributed by atoms with Crippen molar-refractivity contribution in [2.24, 2.45) is 0 Å². The predicted molar refractivity (Wildman–Crippen MR) is 47.4 cm³/mol. The number of ether oxygens (including phenoxy) is 1. The molecule has 0 unspecified atom stereocenters. The molecule has 0 bridgehead atoms. The molecule has 1 saturated heterocycles. The van der Waals surface area contributed by atoms with Gasteiger partial charge in [-0.25, -0.2) is 4.98 Å². The third-order valence-corrected chi connectivity index (χ3v) is 2.64. The second kappa shape index (κ2) is 3.37. The molecule has 0 aromatic carbocycles. The Balaban J connectivity index is 1.95. The lowest BCUT2D eigenvalue weighted by atomic mass is 10.2. The first-order valence-corrected chi connectivity index (χ1v) is 4.78. The molecule has 0 saturated carbocycles. The lowest BCUT2D eigenvalue weighted by molar-refractivity contribution is 0.121. The van der Waals surface area contributed by atoms with Crippen LogP contribution in [-0.2, 0) is 4.74 Å². The van der Waals surface area contributed by atoms with Crippen LogP contribution in [0.25, 0.3) is 0 Å². The minimum absolute atomic E-state index is 0.286. The van der Waals surface area contributed by atoms with Crippen molar-refractivity contribution >= 4 is 16.7 Å². The van der Waals surface area contributed by atoms with Gasteiger partial charge in [-0.1, -0.05) is 0 Å². The van der Waals surface area contributed by atoms with Gasteiger partial charge in [0.15, 0.2) is 0 Å². The van der Waals surface area contributed by atoms with Crippen molar-refractivity contribution in [2.45, 2.75) is 25.5 Å². The van der Waals surface area contributed by atoms with E-state index in [-0.39, 0.29) is 6.10 Å². The summed E-state index contributed by atoms with van der Waals surface area (Å²) in [6, 6.07) is 0.401. The molecule has 4 nitrogen and oxygen atoms in total. The Morgan fingerprint density at radius 3 is 3.25 bits per heavy atom. The van der Waals surface area contributed by atoms with E-state index < -0.39 is 0 Å². The van der Waals surface area contributed by atoms with Crippen LogP contribution in [0.15, 0.2) is 6.33 Å². The maximum absolute atomic E-state index is 5.41. The average molecular weight is 185 g/mol. The third-order valence-electron chi connectivity index (χ3n) is 2.05. The number of rotatable bonds is 2. The zero-order valence-corrected chi connectivity index (χ0v) is 7.67. The summed E-state index contributed by atoms with van der Waals surface area (Å²) < 4.78 is 9.32. The monoisotopic (exact) mass is 185 g/mol. The van der Waals surface area contributed by atoms with Crippen molar-refractivity contribution in [3.63, 3.8) is 0 Å². The van der Waals surface area contributed by atoms with Gasteiger partial charge in [0.05, 0.1) is 12.1 Å². The molecule has 66 valence electrons. The minimum atomic E-state index is 0.286. The molecule has 1 N–H and O–H groups in total. The molecule has 2 heterocycles. The van der Waals surface area contributed by atoms with Crippen LogP contribution in [0.4, 0.5) is 5.13 Å². The Bertz CT molecular complexity index is 239. The zero-order chi connectivity index (χ0) is 8.39. The molecule has 0 radical (unpaired) electrons. The predicted octanol–water partition coefficient (Wildman–Crippen LogP) is 1.13. The summed E-state index contributed by atoms with van der Waals surface area (Å²) in [5.41, 5.74) is 0. The second-order valence-electron chi connectivity index (χ2n) is 2.86. The number of hydrogen-bond acceptors (Lipinski definition) is 5. The molecule has 12 heavy (non-hydrogen) atoms. The van der Waals surface area contributed by atoms with E-state index in [9.17, 15) is 0 Å². The van der Waals surface area contributed by atoms with Crippen molar-refractivity contribution in [1.29, 1.82) is 0 Å². The van der Waals surface area contributed by atoms with Gasteiger partial charge in [0.2, 0.25) is 5.13 Å². The first kappa shape index (κ1) is 7.94. The summed E-state index contributed by atoms with van der Waals surface area (Å²) in [7, 11) is 0. The Morgan fingerprint density at radius 2 is 2.67 bits per heavy atom. The normalized spacial score (nSPS) is 29.1. The van der Waals surface area contributed by atoms with Crippen molar-refractivity contribution in [3.05, 3.63) is 6.33 Å². The number of anilines is 1. The van der Waals surface area contributed by atoms with E-state index >= 15 is 0 Å². The molecule has 0 aliphatic carbocycles. The number of nitrogens with one attached hydrogen (secondary N) is 1. The lowest BCUT2D eigenvalue weighted by Gasteiger charge is -2.14. The van der Waals surface area contributed by atoms with Gasteiger partial charge in [-0.3, -0.25) is 0 Å². The maximum Gasteiger partial charge on any atom is 0.202 e. The van der Waals surface area contributed by atoms with Crippen molar-refractivity contribution < 1.29 is 4.74 Å². The van der Waals surface area contributed by atoms with Crippen LogP contribution < -0.4 is 5.32 Å². The van der Waals surface area contributed by atoms with Crippen LogP contribution >= 0.6 is 11.5 Å². The summed E-state index contributed by atoms with van der Waals surface area (Å²) in [5.74, 6) is 0. The Morgan fingerprint density at radius 1 is 1.75 bits per heavy atom. The highest BCUT2D eigenvalue weighted by Gasteiger charge is 2.24. The topological polar surface area (TPSA) is 47.0 Å². The number of nitrogens with zero attached hydrogens (tertiary/aromatic N) is 2. The smallest absolute Gasteiger partial charge is 0.202 e. The standard InChI is InChI=1S/C7H11N3OS/c1-5-6(2-3-11-5)10-7-8-4-9-12-7/h4-6H,2-3H2,1H3,(H,8,9,10)/t5-,6-/m1/s1. The summed E-state index contributed by atoms with van der Waals surface area (Å²) in [5, 5.41) is 4.18. The van der Waals surface area contributed by atoms with Crippen LogP contribution in [0.2, 0.25) is 0 Å². The fourth-order valence-electron chi connectivity index (χ4n) is 1.32. The fourth-order valence-corrected chi connectivity index (χ4v) is 1.81. The van der Waals surface area contributed by atoms with Crippen LogP contribution in [0.3, 0.4) is 0 Å². The average Bonchev–Trinajstić information content (AvgIpc) is 2.65. The van der Waals surface area contributed by atoms with Gasteiger partial charge < -0.3 is 10.1 Å². The highest BCUT2D eigenvalue weighted by atomic mass is 32.1. The first-order valence-electron chi connectivity index (χ1n) is 4.01. The van der Waals surface area contributed by atoms with E-state index in [2.05, 4.69) is 21.6 Å². The van der Waals surface area contributed by atoms with E-state index in [4.69, 9.17) is 4.74 Å². The molecule has 1 aromatic heterocycles. The molecule has 0 amide bonds. The number of aromatic nitrogens is 2. The molecule has 1 fully saturated rings. The van der Waals surface area contributed by atoms with Gasteiger partial charge in [0.25, 0.3) is 0 Å². The van der Waals surface area contributed by atoms with E-state index in [1.165, 1.54) is 11.5 Å². The third kappa shape index (κ3) is 1.56. The van der Waals surface area contributed by atoms with E-state index in [0.717, 1.165) is 18.2 Å². The molecular weight excluding hydrogens is 174 g/mol. The molecule has 5 heteroatoms. The Kier molecular flexibility index (Phi) is 2.23. The SMILES string of the molecule is C[C@H]1OCC[C@H]1Nc1ncns1. The molecule has 2 rings (SSSR count). The first-order chi connectivity index (χ1) is 5.86. The molecule has 0 spiro atoms. The molecule has 1 aromatic rings.